The first-order chi connectivity index (χ1) is 9.10. The average molecular weight is 265 g/mol. The Morgan fingerprint density at radius 3 is 2.58 bits per heavy atom. The maximum atomic E-state index is 5.08. The Kier molecular flexibility index (Phi) is 6.78. The molecule has 19 heavy (non-hydrogen) atoms. The third-order valence-electron chi connectivity index (χ3n) is 3.05. The highest BCUT2D eigenvalue weighted by Crippen LogP contribution is 2.25. The second-order valence-electron chi connectivity index (χ2n) is 5.17. The predicted octanol–water partition coefficient (Wildman–Crippen LogP) is 3.31. The van der Waals surface area contributed by atoms with Crippen molar-refractivity contribution >= 4 is 5.82 Å². The molecule has 1 N–H and O–H groups in total. The smallest absolute Gasteiger partial charge is 0.133 e. The maximum Gasteiger partial charge on any atom is 0.133 e. The number of hydrogen-bond donors (Lipinski definition) is 1. The molecule has 4 heteroatoms. The molecular formula is C15H27N3O. The van der Waals surface area contributed by atoms with Crippen molar-refractivity contribution in [2.75, 3.05) is 25.6 Å². The second-order valence-corrected chi connectivity index (χ2v) is 5.17. The van der Waals surface area contributed by atoms with E-state index in [2.05, 4.69) is 43.0 Å². The van der Waals surface area contributed by atoms with Crippen LogP contribution in [0.4, 0.5) is 5.82 Å². The van der Waals surface area contributed by atoms with Gasteiger partial charge in [-0.2, -0.15) is 0 Å². The van der Waals surface area contributed by atoms with Gasteiger partial charge in [-0.15, -0.1) is 0 Å². The van der Waals surface area contributed by atoms with E-state index in [1.807, 2.05) is 0 Å². The first kappa shape index (κ1) is 15.9. The summed E-state index contributed by atoms with van der Waals surface area (Å²) in [6.45, 7) is 10.3. The maximum absolute atomic E-state index is 5.08. The molecular weight excluding hydrogens is 238 g/mol. The van der Waals surface area contributed by atoms with Crippen LogP contribution in [0.3, 0.4) is 0 Å². The lowest BCUT2D eigenvalue weighted by Crippen LogP contribution is -2.12. The number of hydrogen-bond acceptors (Lipinski definition) is 4. The van der Waals surface area contributed by atoms with Crippen LogP contribution < -0.4 is 5.32 Å². The number of nitrogens with one attached hydrogen (secondary N) is 1. The molecule has 4 nitrogen and oxygen atoms in total. The number of aromatic nitrogens is 2. The summed E-state index contributed by atoms with van der Waals surface area (Å²) in [5.74, 6) is 2.36. The largest absolute Gasteiger partial charge is 0.385 e. The van der Waals surface area contributed by atoms with Crippen LogP contribution in [0.2, 0.25) is 0 Å². The van der Waals surface area contributed by atoms with E-state index in [-0.39, 0.29) is 0 Å². The molecule has 0 aliphatic rings. The number of methoxy groups -OCH3 is 1. The van der Waals surface area contributed by atoms with Gasteiger partial charge in [0.25, 0.3) is 0 Å². The summed E-state index contributed by atoms with van der Waals surface area (Å²) in [5, 5.41) is 3.43. The normalized spacial score (nSPS) is 11.1. The quantitative estimate of drug-likeness (QED) is 0.733. The van der Waals surface area contributed by atoms with Crippen LogP contribution in [-0.4, -0.2) is 30.2 Å². The van der Waals surface area contributed by atoms with Crippen LogP contribution in [0, 0.1) is 6.92 Å². The van der Waals surface area contributed by atoms with E-state index in [0.717, 1.165) is 49.8 Å². The summed E-state index contributed by atoms with van der Waals surface area (Å²) in [6.07, 6.45) is 2.93. The van der Waals surface area contributed by atoms with Gasteiger partial charge < -0.3 is 10.1 Å². The third-order valence-corrected chi connectivity index (χ3v) is 3.05. The van der Waals surface area contributed by atoms with Crippen LogP contribution in [0.15, 0.2) is 0 Å². The molecule has 0 fully saturated rings. The van der Waals surface area contributed by atoms with Crippen LogP contribution in [0.25, 0.3) is 0 Å². The summed E-state index contributed by atoms with van der Waals surface area (Å²) in [6, 6.07) is 0. The standard InChI is InChI=1S/C15H27N3O/c1-6-9-16-15-14(11(2)3)12(4)17-13(18-15)8-7-10-19-5/h11H,6-10H2,1-5H3,(H,16,17,18). The fourth-order valence-electron chi connectivity index (χ4n) is 2.20. The van der Waals surface area contributed by atoms with Gasteiger partial charge in [-0.25, -0.2) is 9.97 Å². The van der Waals surface area contributed by atoms with Gasteiger partial charge in [0.15, 0.2) is 0 Å². The fourth-order valence-corrected chi connectivity index (χ4v) is 2.20. The molecule has 0 saturated carbocycles. The van der Waals surface area contributed by atoms with Crippen LogP contribution in [-0.2, 0) is 11.2 Å². The molecule has 0 aromatic carbocycles. The second kappa shape index (κ2) is 8.10. The number of aryl methyl sites for hydroxylation is 2. The number of anilines is 1. The molecule has 0 atom stereocenters. The Morgan fingerprint density at radius 1 is 1.26 bits per heavy atom. The van der Waals surface area contributed by atoms with E-state index in [4.69, 9.17) is 4.74 Å². The van der Waals surface area contributed by atoms with Gasteiger partial charge >= 0.3 is 0 Å². The van der Waals surface area contributed by atoms with Crippen molar-refractivity contribution in [1.82, 2.24) is 9.97 Å². The van der Waals surface area contributed by atoms with Crippen molar-refractivity contribution in [3.05, 3.63) is 17.1 Å². The Morgan fingerprint density at radius 2 is 2.00 bits per heavy atom. The van der Waals surface area contributed by atoms with Crippen LogP contribution in [0.1, 0.15) is 56.6 Å². The van der Waals surface area contributed by atoms with E-state index in [0.29, 0.717) is 5.92 Å². The fraction of sp³-hybridized carbons (Fsp3) is 0.733. The monoisotopic (exact) mass is 265 g/mol. The van der Waals surface area contributed by atoms with Crippen molar-refractivity contribution in [2.45, 2.75) is 52.9 Å². The van der Waals surface area contributed by atoms with Crippen molar-refractivity contribution in [3.63, 3.8) is 0 Å². The molecule has 1 aromatic rings. The van der Waals surface area contributed by atoms with Gasteiger partial charge in [-0.3, -0.25) is 0 Å². The van der Waals surface area contributed by atoms with Gasteiger partial charge in [0.1, 0.15) is 11.6 Å². The minimum absolute atomic E-state index is 0.437. The van der Waals surface area contributed by atoms with Gasteiger partial charge in [-0.1, -0.05) is 20.8 Å². The van der Waals surface area contributed by atoms with Crippen LogP contribution >= 0.6 is 0 Å². The molecule has 0 bridgehead atoms. The molecule has 1 aromatic heterocycles. The molecule has 0 saturated heterocycles. The summed E-state index contributed by atoms with van der Waals surface area (Å²) < 4.78 is 5.08. The molecule has 0 unspecified atom stereocenters. The molecule has 1 heterocycles. The Balaban J connectivity index is 2.93. The van der Waals surface area contributed by atoms with Gasteiger partial charge in [0.05, 0.1) is 0 Å². The Bertz CT molecular complexity index is 391. The highest BCUT2D eigenvalue weighted by molar-refractivity contribution is 5.48. The molecule has 0 radical (unpaired) electrons. The van der Waals surface area contributed by atoms with Crippen molar-refractivity contribution in [2.24, 2.45) is 0 Å². The van der Waals surface area contributed by atoms with Crippen molar-refractivity contribution in [1.29, 1.82) is 0 Å². The SMILES string of the molecule is CCCNc1nc(CCCOC)nc(C)c1C(C)C. The Hall–Kier alpha value is -1.16. The van der Waals surface area contributed by atoms with E-state index in [9.17, 15) is 0 Å². The minimum atomic E-state index is 0.437. The van der Waals surface area contributed by atoms with Gasteiger partial charge in [-0.05, 0) is 25.7 Å². The zero-order valence-corrected chi connectivity index (χ0v) is 12.9. The highest BCUT2D eigenvalue weighted by atomic mass is 16.5. The summed E-state index contributed by atoms with van der Waals surface area (Å²) in [5.41, 5.74) is 2.33. The van der Waals surface area contributed by atoms with E-state index in [1.165, 1.54) is 5.56 Å². The first-order valence-electron chi connectivity index (χ1n) is 7.20. The van der Waals surface area contributed by atoms with Crippen LogP contribution in [0.5, 0.6) is 0 Å². The van der Waals surface area contributed by atoms with Gasteiger partial charge in [0.2, 0.25) is 0 Å². The van der Waals surface area contributed by atoms with E-state index in [1.54, 1.807) is 7.11 Å². The Labute approximate surface area is 117 Å². The van der Waals surface area contributed by atoms with E-state index < -0.39 is 0 Å². The van der Waals surface area contributed by atoms with Crippen molar-refractivity contribution in [3.8, 4) is 0 Å². The lowest BCUT2D eigenvalue weighted by atomic mass is 10.0. The lowest BCUT2D eigenvalue weighted by molar-refractivity contribution is 0.194. The highest BCUT2D eigenvalue weighted by Gasteiger charge is 2.14. The van der Waals surface area contributed by atoms with Crippen molar-refractivity contribution < 1.29 is 4.74 Å². The number of nitrogens with zero attached hydrogens (tertiary/aromatic N) is 2. The minimum Gasteiger partial charge on any atom is -0.385 e. The summed E-state index contributed by atoms with van der Waals surface area (Å²) >= 11 is 0. The average Bonchev–Trinajstić information content (AvgIpc) is 2.35. The number of rotatable bonds is 8. The zero-order valence-electron chi connectivity index (χ0n) is 12.9. The topological polar surface area (TPSA) is 47.0 Å². The molecule has 0 aliphatic heterocycles. The summed E-state index contributed by atoms with van der Waals surface area (Å²) in [4.78, 5) is 9.31. The lowest BCUT2D eigenvalue weighted by Gasteiger charge is -2.17. The zero-order chi connectivity index (χ0) is 14.3. The number of ether oxygens (including phenoxy) is 1. The molecule has 0 spiro atoms. The summed E-state index contributed by atoms with van der Waals surface area (Å²) in [7, 11) is 1.72. The van der Waals surface area contributed by atoms with E-state index >= 15 is 0 Å². The third kappa shape index (κ3) is 4.78. The molecule has 108 valence electrons. The molecule has 0 aliphatic carbocycles. The molecule has 0 amide bonds. The first-order valence-corrected chi connectivity index (χ1v) is 7.20. The predicted molar refractivity (Wildman–Crippen MR) is 79.8 cm³/mol. The van der Waals surface area contributed by atoms with Gasteiger partial charge in [0, 0.05) is 37.9 Å². The molecule has 1 rings (SSSR count).